The second-order valence-corrected chi connectivity index (χ2v) is 3.04. The van der Waals surface area contributed by atoms with E-state index >= 15 is 0 Å². The maximum absolute atomic E-state index is 10.5. The molecule has 0 aromatic heterocycles. The molecule has 1 rings (SSSR count). The lowest BCUT2D eigenvalue weighted by Gasteiger charge is -1.99. The van der Waals surface area contributed by atoms with E-state index in [1.165, 1.54) is 6.92 Å². The van der Waals surface area contributed by atoms with Crippen LogP contribution >= 0.6 is 0 Å². The summed E-state index contributed by atoms with van der Waals surface area (Å²) in [6, 6.07) is 7.12. The Labute approximate surface area is 82.3 Å². The van der Waals surface area contributed by atoms with Crippen LogP contribution in [0.2, 0.25) is 0 Å². The lowest BCUT2D eigenvalue weighted by molar-refractivity contribution is -0.132. The first-order chi connectivity index (χ1) is 6.63. The molecule has 0 spiro atoms. The zero-order valence-corrected chi connectivity index (χ0v) is 7.90. The molecule has 0 radical (unpaired) electrons. The van der Waals surface area contributed by atoms with E-state index in [4.69, 9.17) is 10.2 Å². The van der Waals surface area contributed by atoms with E-state index in [2.05, 4.69) is 0 Å². The van der Waals surface area contributed by atoms with E-state index in [1.54, 1.807) is 30.3 Å². The number of hydrogen-bond donors (Lipinski definition) is 2. The monoisotopic (exact) mass is 192 g/mol. The fraction of sp³-hybridized carbons (Fsp3) is 0.182. The number of aliphatic carboxylic acids is 1. The predicted octanol–water partition coefficient (Wildman–Crippen LogP) is 1.67. The van der Waals surface area contributed by atoms with Crippen LogP contribution in [0.25, 0.3) is 6.08 Å². The Morgan fingerprint density at radius 1 is 1.50 bits per heavy atom. The van der Waals surface area contributed by atoms with Gasteiger partial charge in [0, 0.05) is 5.57 Å². The third-order valence-electron chi connectivity index (χ3n) is 1.85. The van der Waals surface area contributed by atoms with Gasteiger partial charge in [-0.15, -0.1) is 0 Å². The number of carboxylic acids is 1. The van der Waals surface area contributed by atoms with Gasteiger partial charge in [-0.05, 0) is 30.2 Å². The van der Waals surface area contributed by atoms with Crippen molar-refractivity contribution >= 4 is 12.0 Å². The summed E-state index contributed by atoms with van der Waals surface area (Å²) >= 11 is 0. The first-order valence-corrected chi connectivity index (χ1v) is 4.25. The van der Waals surface area contributed by atoms with Crippen LogP contribution in [0.3, 0.4) is 0 Å². The molecule has 0 saturated heterocycles. The van der Waals surface area contributed by atoms with Crippen LogP contribution in [0.5, 0.6) is 0 Å². The molecule has 0 atom stereocenters. The molecule has 0 heterocycles. The van der Waals surface area contributed by atoms with Crippen molar-refractivity contribution < 1.29 is 15.0 Å². The molecule has 74 valence electrons. The molecular formula is C11H12O3. The average molecular weight is 192 g/mol. The molecule has 0 saturated carbocycles. The number of aliphatic hydroxyl groups is 1. The van der Waals surface area contributed by atoms with E-state index < -0.39 is 5.97 Å². The minimum Gasteiger partial charge on any atom is -0.478 e. The largest absolute Gasteiger partial charge is 0.478 e. The lowest BCUT2D eigenvalue weighted by atomic mass is 10.1. The van der Waals surface area contributed by atoms with Gasteiger partial charge < -0.3 is 10.2 Å². The molecule has 0 unspecified atom stereocenters. The van der Waals surface area contributed by atoms with Gasteiger partial charge in [-0.3, -0.25) is 0 Å². The summed E-state index contributed by atoms with van der Waals surface area (Å²) < 4.78 is 0. The summed E-state index contributed by atoms with van der Waals surface area (Å²) in [6.07, 6.45) is 1.57. The SMILES string of the molecule is CC(=Cc1cccc(CO)c1)C(=O)O. The second kappa shape index (κ2) is 4.58. The van der Waals surface area contributed by atoms with Crippen LogP contribution < -0.4 is 0 Å². The molecule has 3 nitrogen and oxygen atoms in total. The molecular weight excluding hydrogens is 180 g/mol. The van der Waals surface area contributed by atoms with E-state index in [0.717, 1.165) is 11.1 Å². The number of aliphatic hydroxyl groups excluding tert-OH is 1. The summed E-state index contributed by atoms with van der Waals surface area (Å²) in [5, 5.41) is 17.5. The average Bonchev–Trinajstić information content (AvgIpc) is 2.18. The Morgan fingerprint density at radius 3 is 2.79 bits per heavy atom. The topological polar surface area (TPSA) is 57.5 Å². The highest BCUT2D eigenvalue weighted by Crippen LogP contribution is 2.09. The summed E-state index contributed by atoms with van der Waals surface area (Å²) in [6.45, 7) is 1.50. The van der Waals surface area contributed by atoms with Crippen LogP contribution in [0, 0.1) is 0 Å². The lowest BCUT2D eigenvalue weighted by Crippen LogP contribution is -1.95. The van der Waals surface area contributed by atoms with Gasteiger partial charge in [-0.1, -0.05) is 18.2 Å². The maximum Gasteiger partial charge on any atom is 0.331 e. The zero-order chi connectivity index (χ0) is 10.6. The molecule has 0 aliphatic rings. The fourth-order valence-corrected chi connectivity index (χ4v) is 1.09. The van der Waals surface area contributed by atoms with Crippen LogP contribution in [-0.2, 0) is 11.4 Å². The smallest absolute Gasteiger partial charge is 0.331 e. The molecule has 0 aliphatic carbocycles. The highest BCUT2D eigenvalue weighted by Gasteiger charge is 1.99. The maximum atomic E-state index is 10.5. The van der Waals surface area contributed by atoms with E-state index in [0.29, 0.717) is 0 Å². The Hall–Kier alpha value is -1.61. The number of carboxylic acid groups (broad SMARTS) is 1. The van der Waals surface area contributed by atoms with Gasteiger partial charge in [0.25, 0.3) is 0 Å². The third kappa shape index (κ3) is 2.71. The Morgan fingerprint density at radius 2 is 2.21 bits per heavy atom. The van der Waals surface area contributed by atoms with Crippen LogP contribution in [0.15, 0.2) is 29.8 Å². The van der Waals surface area contributed by atoms with Crippen molar-refractivity contribution in [3.63, 3.8) is 0 Å². The molecule has 1 aromatic carbocycles. The van der Waals surface area contributed by atoms with Crippen molar-refractivity contribution in [3.8, 4) is 0 Å². The molecule has 0 bridgehead atoms. The molecule has 3 heteroatoms. The van der Waals surface area contributed by atoms with Crippen molar-refractivity contribution in [1.29, 1.82) is 0 Å². The predicted molar refractivity (Wildman–Crippen MR) is 53.7 cm³/mol. The first kappa shape index (κ1) is 10.5. The number of hydrogen-bond acceptors (Lipinski definition) is 2. The van der Waals surface area contributed by atoms with Crippen molar-refractivity contribution in [1.82, 2.24) is 0 Å². The Bertz CT molecular complexity index is 367. The van der Waals surface area contributed by atoms with Gasteiger partial charge >= 0.3 is 5.97 Å². The van der Waals surface area contributed by atoms with Gasteiger partial charge in [-0.25, -0.2) is 4.79 Å². The van der Waals surface area contributed by atoms with E-state index in [9.17, 15) is 4.79 Å². The molecule has 14 heavy (non-hydrogen) atoms. The Balaban J connectivity index is 2.97. The minimum atomic E-state index is -0.931. The van der Waals surface area contributed by atoms with Gasteiger partial charge in [0.05, 0.1) is 6.61 Å². The second-order valence-electron chi connectivity index (χ2n) is 3.04. The minimum absolute atomic E-state index is 0.0339. The number of benzene rings is 1. The quantitative estimate of drug-likeness (QED) is 0.716. The summed E-state index contributed by atoms with van der Waals surface area (Å²) in [7, 11) is 0. The summed E-state index contributed by atoms with van der Waals surface area (Å²) in [4.78, 5) is 10.5. The van der Waals surface area contributed by atoms with Crippen molar-refractivity contribution in [2.24, 2.45) is 0 Å². The van der Waals surface area contributed by atoms with Crippen LogP contribution in [0.1, 0.15) is 18.1 Å². The highest BCUT2D eigenvalue weighted by molar-refractivity contribution is 5.91. The standard InChI is InChI=1S/C11H12O3/c1-8(11(13)14)5-9-3-2-4-10(6-9)7-12/h2-6,12H,7H2,1H3,(H,13,14). The van der Waals surface area contributed by atoms with Gasteiger partial charge in [0.2, 0.25) is 0 Å². The molecule has 0 fully saturated rings. The van der Waals surface area contributed by atoms with Crippen molar-refractivity contribution in [3.05, 3.63) is 41.0 Å². The normalized spacial score (nSPS) is 11.4. The van der Waals surface area contributed by atoms with Gasteiger partial charge in [-0.2, -0.15) is 0 Å². The van der Waals surface area contributed by atoms with Crippen molar-refractivity contribution in [2.45, 2.75) is 13.5 Å². The zero-order valence-electron chi connectivity index (χ0n) is 7.90. The van der Waals surface area contributed by atoms with E-state index in [1.807, 2.05) is 0 Å². The van der Waals surface area contributed by atoms with Crippen molar-refractivity contribution in [2.75, 3.05) is 0 Å². The van der Waals surface area contributed by atoms with E-state index in [-0.39, 0.29) is 12.2 Å². The molecule has 0 amide bonds. The van der Waals surface area contributed by atoms with Gasteiger partial charge in [0.1, 0.15) is 0 Å². The highest BCUT2D eigenvalue weighted by atomic mass is 16.4. The molecule has 2 N–H and O–H groups in total. The summed E-state index contributed by atoms with van der Waals surface area (Å²) in [5.74, 6) is -0.931. The Kier molecular flexibility index (Phi) is 3.42. The molecule has 1 aromatic rings. The first-order valence-electron chi connectivity index (χ1n) is 4.25. The van der Waals surface area contributed by atoms with Gasteiger partial charge in [0.15, 0.2) is 0 Å². The summed E-state index contributed by atoms with van der Waals surface area (Å²) in [5.41, 5.74) is 1.84. The fourth-order valence-electron chi connectivity index (χ4n) is 1.09. The van der Waals surface area contributed by atoms with Crippen LogP contribution in [0.4, 0.5) is 0 Å². The third-order valence-corrected chi connectivity index (χ3v) is 1.85. The number of carbonyl (C=O) groups is 1. The number of rotatable bonds is 3. The van der Waals surface area contributed by atoms with Crippen LogP contribution in [-0.4, -0.2) is 16.2 Å². The molecule has 0 aliphatic heterocycles.